The Kier molecular flexibility index (Phi) is 7.33. The van der Waals surface area contributed by atoms with Crippen molar-refractivity contribution in [3.8, 4) is 0 Å². The van der Waals surface area contributed by atoms with E-state index >= 15 is 0 Å². The first kappa shape index (κ1) is 9.69. The van der Waals surface area contributed by atoms with Crippen LogP contribution in [0.15, 0.2) is 0 Å². The highest BCUT2D eigenvalue weighted by molar-refractivity contribution is 14.1. The third-order valence-electron chi connectivity index (χ3n) is 1.06. The fourth-order valence-corrected chi connectivity index (χ4v) is 0.787. The molecule has 0 atom stereocenters. The topological polar surface area (TPSA) is 9.23 Å². The molecule has 0 aliphatic rings. The van der Waals surface area contributed by atoms with Gasteiger partial charge in [-0.05, 0) is 12.3 Å². The Balaban J connectivity index is 2.75. The van der Waals surface area contributed by atoms with Crippen molar-refractivity contribution in [1.29, 1.82) is 0 Å². The second kappa shape index (κ2) is 6.81. The van der Waals surface area contributed by atoms with Gasteiger partial charge in [0.15, 0.2) is 0 Å². The van der Waals surface area contributed by atoms with Gasteiger partial charge in [-0.2, -0.15) is 0 Å². The van der Waals surface area contributed by atoms with E-state index in [1.54, 1.807) is 0 Å². The van der Waals surface area contributed by atoms with Gasteiger partial charge in [0.25, 0.3) is 0 Å². The van der Waals surface area contributed by atoms with Crippen molar-refractivity contribution < 1.29 is 4.74 Å². The van der Waals surface area contributed by atoms with Crippen molar-refractivity contribution in [3.63, 3.8) is 0 Å². The lowest BCUT2D eigenvalue weighted by Gasteiger charge is -2.03. The van der Waals surface area contributed by atoms with Crippen molar-refractivity contribution in [3.05, 3.63) is 0 Å². The summed E-state index contributed by atoms with van der Waals surface area (Å²) in [6.45, 7) is 6.27. The van der Waals surface area contributed by atoms with Gasteiger partial charge in [0.05, 0.1) is 6.61 Å². The van der Waals surface area contributed by atoms with Crippen LogP contribution in [-0.2, 0) is 4.74 Å². The molecule has 0 rings (SSSR count). The van der Waals surface area contributed by atoms with E-state index in [9.17, 15) is 0 Å². The van der Waals surface area contributed by atoms with Gasteiger partial charge in [-0.3, -0.25) is 0 Å². The normalized spacial score (nSPS) is 10.7. The van der Waals surface area contributed by atoms with E-state index in [1.807, 2.05) is 0 Å². The molecule has 0 bridgehead atoms. The van der Waals surface area contributed by atoms with Gasteiger partial charge in [-0.1, -0.05) is 36.4 Å². The van der Waals surface area contributed by atoms with Crippen LogP contribution in [0.2, 0.25) is 0 Å². The molecular formula is C7H15IO. The molecule has 0 aromatic rings. The SMILES string of the molecule is CC(C)CCOCCI. The minimum atomic E-state index is 0.777. The van der Waals surface area contributed by atoms with Gasteiger partial charge in [0.2, 0.25) is 0 Å². The summed E-state index contributed by atoms with van der Waals surface area (Å²) in [6.07, 6.45) is 1.19. The molecule has 0 unspecified atom stereocenters. The van der Waals surface area contributed by atoms with E-state index in [4.69, 9.17) is 4.74 Å². The van der Waals surface area contributed by atoms with E-state index < -0.39 is 0 Å². The summed E-state index contributed by atoms with van der Waals surface area (Å²) < 4.78 is 6.39. The Morgan fingerprint density at radius 2 is 2.00 bits per heavy atom. The fraction of sp³-hybridized carbons (Fsp3) is 1.00. The zero-order valence-corrected chi connectivity index (χ0v) is 8.35. The van der Waals surface area contributed by atoms with Crippen molar-refractivity contribution >= 4 is 22.6 Å². The lowest BCUT2D eigenvalue weighted by Crippen LogP contribution is -2.00. The van der Waals surface area contributed by atoms with Crippen molar-refractivity contribution in [2.75, 3.05) is 17.6 Å². The first-order valence-electron chi connectivity index (χ1n) is 3.41. The van der Waals surface area contributed by atoms with Gasteiger partial charge < -0.3 is 4.74 Å². The summed E-state index contributed by atoms with van der Waals surface area (Å²) >= 11 is 2.32. The molecule has 0 spiro atoms. The molecule has 0 heterocycles. The first-order chi connectivity index (χ1) is 4.27. The Hall–Kier alpha value is 0.690. The van der Waals surface area contributed by atoms with Crippen molar-refractivity contribution in [1.82, 2.24) is 0 Å². The van der Waals surface area contributed by atoms with Gasteiger partial charge in [-0.25, -0.2) is 0 Å². The molecule has 0 aliphatic heterocycles. The number of hydrogen-bond donors (Lipinski definition) is 0. The van der Waals surface area contributed by atoms with Crippen LogP contribution >= 0.6 is 22.6 Å². The van der Waals surface area contributed by atoms with E-state index in [0.717, 1.165) is 23.6 Å². The molecule has 0 N–H and O–H groups in total. The maximum atomic E-state index is 5.29. The van der Waals surface area contributed by atoms with Crippen LogP contribution in [0.5, 0.6) is 0 Å². The van der Waals surface area contributed by atoms with E-state index in [2.05, 4.69) is 36.4 Å². The molecule has 0 aliphatic carbocycles. The van der Waals surface area contributed by atoms with Crippen molar-refractivity contribution in [2.45, 2.75) is 20.3 Å². The monoisotopic (exact) mass is 242 g/mol. The third kappa shape index (κ3) is 8.69. The molecule has 0 amide bonds. The predicted octanol–water partition coefficient (Wildman–Crippen LogP) is 2.48. The molecule has 9 heavy (non-hydrogen) atoms. The summed E-state index contributed by atoms with van der Waals surface area (Å²) in [6, 6.07) is 0. The lowest BCUT2D eigenvalue weighted by molar-refractivity contribution is 0.140. The molecule has 0 aromatic carbocycles. The Morgan fingerprint density at radius 1 is 1.33 bits per heavy atom. The molecule has 0 fully saturated rings. The molecule has 0 radical (unpaired) electrons. The predicted molar refractivity (Wildman–Crippen MR) is 49.2 cm³/mol. The smallest absolute Gasteiger partial charge is 0.0555 e. The standard InChI is InChI=1S/C7H15IO/c1-7(2)3-5-9-6-4-8/h7H,3-6H2,1-2H3. The van der Waals surface area contributed by atoms with E-state index in [1.165, 1.54) is 6.42 Å². The number of alkyl halides is 1. The van der Waals surface area contributed by atoms with Crippen molar-refractivity contribution in [2.24, 2.45) is 5.92 Å². The number of rotatable bonds is 5. The van der Waals surface area contributed by atoms with Gasteiger partial charge in [0, 0.05) is 11.0 Å². The molecule has 1 nitrogen and oxygen atoms in total. The van der Waals surface area contributed by atoms with Crippen LogP contribution in [0.1, 0.15) is 20.3 Å². The quantitative estimate of drug-likeness (QED) is 0.409. The summed E-state index contributed by atoms with van der Waals surface area (Å²) in [5, 5.41) is 0. The molecule has 0 saturated carbocycles. The molecular weight excluding hydrogens is 227 g/mol. The van der Waals surface area contributed by atoms with E-state index in [-0.39, 0.29) is 0 Å². The fourth-order valence-electron chi connectivity index (χ4n) is 0.476. The minimum absolute atomic E-state index is 0.777. The number of ether oxygens (including phenoxy) is 1. The summed E-state index contributed by atoms with van der Waals surface area (Å²) in [4.78, 5) is 0. The zero-order chi connectivity index (χ0) is 7.11. The second-order valence-electron chi connectivity index (χ2n) is 2.48. The van der Waals surface area contributed by atoms with Crippen LogP contribution in [0.3, 0.4) is 0 Å². The highest BCUT2D eigenvalue weighted by Gasteiger charge is 1.91. The second-order valence-corrected chi connectivity index (χ2v) is 3.56. The van der Waals surface area contributed by atoms with Crippen LogP contribution in [0, 0.1) is 5.92 Å². The zero-order valence-electron chi connectivity index (χ0n) is 6.19. The summed E-state index contributed by atoms with van der Waals surface area (Å²) in [7, 11) is 0. The Labute approximate surface area is 71.3 Å². The highest BCUT2D eigenvalue weighted by Crippen LogP contribution is 1.98. The summed E-state index contributed by atoms with van der Waals surface area (Å²) in [5.41, 5.74) is 0. The molecule has 56 valence electrons. The first-order valence-corrected chi connectivity index (χ1v) is 4.93. The highest BCUT2D eigenvalue weighted by atomic mass is 127. The van der Waals surface area contributed by atoms with Crippen LogP contribution in [-0.4, -0.2) is 17.6 Å². The van der Waals surface area contributed by atoms with E-state index in [0.29, 0.717) is 0 Å². The largest absolute Gasteiger partial charge is 0.381 e. The average Bonchev–Trinajstić information content (AvgIpc) is 1.80. The lowest BCUT2D eigenvalue weighted by atomic mass is 10.1. The maximum Gasteiger partial charge on any atom is 0.0555 e. The third-order valence-corrected chi connectivity index (χ3v) is 1.50. The van der Waals surface area contributed by atoms with Crippen LogP contribution in [0.4, 0.5) is 0 Å². The maximum absolute atomic E-state index is 5.29. The molecule has 0 aromatic heterocycles. The minimum Gasteiger partial charge on any atom is -0.381 e. The Bertz CT molecular complexity index is 54.9. The van der Waals surface area contributed by atoms with Gasteiger partial charge >= 0.3 is 0 Å². The van der Waals surface area contributed by atoms with Crippen LogP contribution in [0.25, 0.3) is 0 Å². The van der Waals surface area contributed by atoms with Gasteiger partial charge in [0.1, 0.15) is 0 Å². The number of halogens is 1. The van der Waals surface area contributed by atoms with Gasteiger partial charge in [-0.15, -0.1) is 0 Å². The van der Waals surface area contributed by atoms with Crippen LogP contribution < -0.4 is 0 Å². The Morgan fingerprint density at radius 3 is 2.44 bits per heavy atom. The average molecular weight is 242 g/mol. The molecule has 2 heteroatoms. The number of hydrogen-bond acceptors (Lipinski definition) is 1. The molecule has 0 saturated heterocycles. The summed E-state index contributed by atoms with van der Waals surface area (Å²) in [5.74, 6) is 0.777.